The first-order chi connectivity index (χ1) is 9.19. The van der Waals surface area contributed by atoms with E-state index in [2.05, 4.69) is 34.4 Å². The van der Waals surface area contributed by atoms with E-state index >= 15 is 0 Å². The highest BCUT2D eigenvalue weighted by Crippen LogP contribution is 2.29. The molecule has 0 fully saturated rings. The van der Waals surface area contributed by atoms with Gasteiger partial charge in [0.2, 0.25) is 0 Å². The van der Waals surface area contributed by atoms with Crippen LogP contribution >= 0.6 is 27.7 Å². The molecule has 1 aromatic rings. The molecule has 4 heteroatoms. The molecule has 0 spiro atoms. The Balaban J connectivity index is 2.42. The van der Waals surface area contributed by atoms with Crippen LogP contribution in [0.1, 0.15) is 44.2 Å². The first kappa shape index (κ1) is 16.9. The molecule has 1 atom stereocenters. The quantitative estimate of drug-likeness (QED) is 0.634. The van der Waals surface area contributed by atoms with E-state index in [1.54, 1.807) is 6.07 Å². The summed E-state index contributed by atoms with van der Waals surface area (Å²) in [4.78, 5) is 0. The van der Waals surface area contributed by atoms with Crippen LogP contribution in [-0.2, 0) is 0 Å². The van der Waals surface area contributed by atoms with Gasteiger partial charge in [-0.15, -0.1) is 0 Å². The molecular formula is C15H24BrNOS. The molecule has 19 heavy (non-hydrogen) atoms. The fraction of sp³-hybridized carbons (Fsp3) is 0.600. The number of hydrogen-bond acceptors (Lipinski definition) is 3. The fourth-order valence-corrected chi connectivity index (χ4v) is 2.97. The molecule has 0 aliphatic heterocycles. The second-order valence-electron chi connectivity index (χ2n) is 4.67. The summed E-state index contributed by atoms with van der Waals surface area (Å²) in [6.07, 6.45) is 6.90. The van der Waals surface area contributed by atoms with Crippen LogP contribution in [0, 0.1) is 0 Å². The third-order valence-corrected chi connectivity index (χ3v) is 4.38. The molecule has 0 heterocycles. The van der Waals surface area contributed by atoms with Crippen LogP contribution in [0.5, 0.6) is 5.75 Å². The van der Waals surface area contributed by atoms with Crippen LogP contribution in [0.4, 0.5) is 0 Å². The van der Waals surface area contributed by atoms with Crippen molar-refractivity contribution in [2.45, 2.75) is 38.6 Å². The van der Waals surface area contributed by atoms with Gasteiger partial charge in [-0.3, -0.25) is 0 Å². The van der Waals surface area contributed by atoms with Crippen molar-refractivity contribution >= 4 is 27.7 Å². The molecule has 0 bridgehead atoms. The molecule has 2 N–H and O–H groups in total. The smallest absolute Gasteiger partial charge is 0.120 e. The van der Waals surface area contributed by atoms with Crippen LogP contribution in [0.15, 0.2) is 22.7 Å². The Bertz CT molecular complexity index is 373. The number of hydrogen-bond donors (Lipinski definition) is 2. The predicted octanol–water partition coefficient (Wildman–Crippen LogP) is 4.73. The van der Waals surface area contributed by atoms with E-state index < -0.39 is 0 Å². The van der Waals surface area contributed by atoms with Crippen molar-refractivity contribution in [3.05, 3.63) is 28.2 Å². The van der Waals surface area contributed by atoms with Crippen LogP contribution in [0.2, 0.25) is 0 Å². The highest BCUT2D eigenvalue weighted by molar-refractivity contribution is 9.10. The standard InChI is InChI=1S/C15H24BrNOS/c1-3-14(17-9-5-4-6-10-19-2)13-11-12(16)7-8-15(13)18/h7-8,11,14,17-18H,3-6,9-10H2,1-2H3. The Morgan fingerprint density at radius 3 is 2.79 bits per heavy atom. The summed E-state index contributed by atoms with van der Waals surface area (Å²) in [6.45, 7) is 3.16. The maximum atomic E-state index is 9.95. The molecule has 2 nitrogen and oxygen atoms in total. The molecular weight excluding hydrogens is 322 g/mol. The summed E-state index contributed by atoms with van der Waals surface area (Å²) in [5.41, 5.74) is 0.987. The van der Waals surface area contributed by atoms with Crippen molar-refractivity contribution in [3.8, 4) is 5.75 Å². The van der Waals surface area contributed by atoms with Gasteiger partial charge >= 0.3 is 0 Å². The van der Waals surface area contributed by atoms with E-state index in [1.807, 2.05) is 23.9 Å². The topological polar surface area (TPSA) is 32.3 Å². The lowest BCUT2D eigenvalue weighted by atomic mass is 10.0. The Kier molecular flexibility index (Phi) is 8.58. The van der Waals surface area contributed by atoms with Crippen molar-refractivity contribution in [2.24, 2.45) is 0 Å². The van der Waals surface area contributed by atoms with Gasteiger partial charge in [-0.1, -0.05) is 29.3 Å². The maximum absolute atomic E-state index is 9.95. The third-order valence-electron chi connectivity index (χ3n) is 3.19. The molecule has 0 aliphatic carbocycles. The highest BCUT2D eigenvalue weighted by atomic mass is 79.9. The first-order valence-corrected chi connectivity index (χ1v) is 9.08. The molecule has 0 saturated carbocycles. The second-order valence-corrected chi connectivity index (χ2v) is 6.57. The number of aromatic hydroxyl groups is 1. The van der Waals surface area contributed by atoms with Gasteiger partial charge in [0.05, 0.1) is 0 Å². The molecule has 108 valence electrons. The minimum absolute atomic E-state index is 0.234. The van der Waals surface area contributed by atoms with E-state index in [4.69, 9.17) is 0 Å². The Morgan fingerprint density at radius 2 is 2.11 bits per heavy atom. The van der Waals surface area contributed by atoms with Gasteiger partial charge < -0.3 is 10.4 Å². The zero-order valence-electron chi connectivity index (χ0n) is 11.8. The molecule has 0 radical (unpaired) electrons. The lowest BCUT2D eigenvalue weighted by Gasteiger charge is -2.19. The van der Waals surface area contributed by atoms with E-state index in [-0.39, 0.29) is 6.04 Å². The number of unbranched alkanes of at least 4 members (excludes halogenated alkanes) is 2. The van der Waals surface area contributed by atoms with Crippen LogP contribution in [0.25, 0.3) is 0 Å². The monoisotopic (exact) mass is 345 g/mol. The second kappa shape index (κ2) is 9.67. The summed E-state index contributed by atoms with van der Waals surface area (Å²) in [5.74, 6) is 1.63. The van der Waals surface area contributed by atoms with Crippen molar-refractivity contribution in [1.82, 2.24) is 5.32 Å². The summed E-state index contributed by atoms with van der Waals surface area (Å²) < 4.78 is 1.01. The van der Waals surface area contributed by atoms with Gasteiger partial charge in [0, 0.05) is 16.1 Å². The fourth-order valence-electron chi connectivity index (χ4n) is 2.10. The van der Waals surface area contributed by atoms with Crippen molar-refractivity contribution < 1.29 is 5.11 Å². The van der Waals surface area contributed by atoms with Gasteiger partial charge in [0.25, 0.3) is 0 Å². The number of nitrogens with one attached hydrogen (secondary N) is 1. The normalized spacial score (nSPS) is 12.6. The summed E-state index contributed by atoms with van der Waals surface area (Å²) >= 11 is 5.38. The lowest BCUT2D eigenvalue weighted by molar-refractivity contribution is 0.438. The summed E-state index contributed by atoms with van der Waals surface area (Å²) in [5, 5.41) is 13.5. The molecule has 1 unspecified atom stereocenters. The Labute approximate surface area is 129 Å². The maximum Gasteiger partial charge on any atom is 0.120 e. The first-order valence-electron chi connectivity index (χ1n) is 6.89. The number of phenolic OH excluding ortho intramolecular Hbond substituents is 1. The SMILES string of the molecule is CCC(NCCCCCSC)c1cc(Br)ccc1O. The number of thioether (sulfide) groups is 1. The molecule has 0 amide bonds. The third kappa shape index (κ3) is 6.19. The largest absolute Gasteiger partial charge is 0.508 e. The van der Waals surface area contributed by atoms with E-state index in [1.165, 1.54) is 25.0 Å². The minimum atomic E-state index is 0.234. The number of halogens is 1. The zero-order chi connectivity index (χ0) is 14.1. The highest BCUT2D eigenvalue weighted by Gasteiger charge is 2.13. The van der Waals surface area contributed by atoms with Gasteiger partial charge in [-0.25, -0.2) is 0 Å². The summed E-state index contributed by atoms with van der Waals surface area (Å²) in [6, 6.07) is 5.86. The summed E-state index contributed by atoms with van der Waals surface area (Å²) in [7, 11) is 0. The van der Waals surface area contributed by atoms with E-state index in [0.29, 0.717) is 5.75 Å². The van der Waals surface area contributed by atoms with Gasteiger partial charge in [-0.2, -0.15) is 11.8 Å². The Hall–Kier alpha value is -0.190. The van der Waals surface area contributed by atoms with Crippen LogP contribution in [-0.4, -0.2) is 23.7 Å². The average Bonchev–Trinajstić information content (AvgIpc) is 2.41. The van der Waals surface area contributed by atoms with Crippen LogP contribution in [0.3, 0.4) is 0 Å². The zero-order valence-corrected chi connectivity index (χ0v) is 14.2. The average molecular weight is 346 g/mol. The predicted molar refractivity (Wildman–Crippen MR) is 89.1 cm³/mol. The molecule has 0 aliphatic rings. The minimum Gasteiger partial charge on any atom is -0.508 e. The van der Waals surface area contributed by atoms with Crippen LogP contribution < -0.4 is 5.32 Å². The lowest BCUT2D eigenvalue weighted by Crippen LogP contribution is -2.22. The Morgan fingerprint density at radius 1 is 1.32 bits per heavy atom. The van der Waals surface area contributed by atoms with Crippen molar-refractivity contribution in [3.63, 3.8) is 0 Å². The number of phenols is 1. The van der Waals surface area contributed by atoms with E-state index in [0.717, 1.165) is 23.0 Å². The van der Waals surface area contributed by atoms with Gasteiger partial charge in [0.15, 0.2) is 0 Å². The molecule has 1 rings (SSSR count). The number of benzene rings is 1. The van der Waals surface area contributed by atoms with Crippen molar-refractivity contribution in [2.75, 3.05) is 18.6 Å². The van der Waals surface area contributed by atoms with E-state index in [9.17, 15) is 5.11 Å². The molecule has 1 aromatic carbocycles. The number of rotatable bonds is 9. The molecule has 0 saturated heterocycles. The van der Waals surface area contributed by atoms with Crippen molar-refractivity contribution in [1.29, 1.82) is 0 Å². The van der Waals surface area contributed by atoms with Gasteiger partial charge in [-0.05, 0) is 56.0 Å². The molecule has 0 aromatic heterocycles. The van der Waals surface area contributed by atoms with Gasteiger partial charge in [0.1, 0.15) is 5.75 Å².